The number of aryl methyl sites for hydroxylation is 1. The molecule has 1 aliphatic heterocycles. The van der Waals surface area contributed by atoms with Gasteiger partial charge in [-0.2, -0.15) is 4.68 Å². The quantitative estimate of drug-likeness (QED) is 0.648. The standard InChI is InChI=1S/C25H28N4O3/c1-18-4-3-5-19(16-18)17-26-25(31)20-12-14-28(15-13-20)23-10-11-24(30)29(27-23)21-6-8-22(32-2)9-7-21/h3-11,16,20H,12-15,17H2,1-2H3,(H,26,31). The van der Waals surface area contributed by atoms with Gasteiger partial charge in [-0.3, -0.25) is 9.59 Å². The molecule has 3 aromatic rings. The second-order valence-electron chi connectivity index (χ2n) is 8.11. The molecule has 7 nitrogen and oxygen atoms in total. The lowest BCUT2D eigenvalue weighted by Gasteiger charge is -2.32. The number of amides is 1. The van der Waals surface area contributed by atoms with Gasteiger partial charge >= 0.3 is 0 Å². The van der Waals surface area contributed by atoms with Crippen LogP contribution >= 0.6 is 0 Å². The fourth-order valence-electron chi connectivity index (χ4n) is 4.00. The molecule has 1 aliphatic rings. The number of piperidine rings is 1. The summed E-state index contributed by atoms with van der Waals surface area (Å²) in [6.07, 6.45) is 1.51. The van der Waals surface area contributed by atoms with Crippen molar-refractivity contribution in [1.82, 2.24) is 15.1 Å². The van der Waals surface area contributed by atoms with Crippen LogP contribution in [-0.4, -0.2) is 35.9 Å². The highest BCUT2D eigenvalue weighted by molar-refractivity contribution is 5.79. The maximum absolute atomic E-state index is 12.6. The molecule has 1 amide bonds. The first kappa shape index (κ1) is 21.6. The molecule has 0 unspecified atom stereocenters. The number of ether oxygens (including phenoxy) is 1. The van der Waals surface area contributed by atoms with Crippen LogP contribution in [0.1, 0.15) is 24.0 Å². The zero-order valence-corrected chi connectivity index (χ0v) is 18.5. The average molecular weight is 433 g/mol. The van der Waals surface area contributed by atoms with Crippen LogP contribution in [0.5, 0.6) is 5.75 Å². The molecule has 1 fully saturated rings. The number of methoxy groups -OCH3 is 1. The fourth-order valence-corrected chi connectivity index (χ4v) is 4.00. The molecule has 0 atom stereocenters. The molecule has 7 heteroatoms. The molecule has 0 radical (unpaired) electrons. The Morgan fingerprint density at radius 2 is 1.84 bits per heavy atom. The van der Waals surface area contributed by atoms with Gasteiger partial charge in [0.1, 0.15) is 11.6 Å². The van der Waals surface area contributed by atoms with Gasteiger partial charge in [-0.15, -0.1) is 5.10 Å². The highest BCUT2D eigenvalue weighted by Gasteiger charge is 2.25. The van der Waals surface area contributed by atoms with Crippen molar-refractivity contribution in [3.05, 3.63) is 82.1 Å². The second-order valence-corrected chi connectivity index (χ2v) is 8.11. The van der Waals surface area contributed by atoms with E-state index in [1.807, 2.05) is 37.3 Å². The van der Waals surface area contributed by atoms with Crippen molar-refractivity contribution in [3.63, 3.8) is 0 Å². The molecule has 0 spiro atoms. The third kappa shape index (κ3) is 4.99. The first-order valence-corrected chi connectivity index (χ1v) is 10.9. The van der Waals surface area contributed by atoms with Crippen LogP contribution in [0.3, 0.4) is 0 Å². The molecule has 1 saturated heterocycles. The number of anilines is 1. The number of carbonyl (C=O) groups is 1. The van der Waals surface area contributed by atoms with Gasteiger partial charge in [-0.25, -0.2) is 0 Å². The van der Waals surface area contributed by atoms with Crippen LogP contribution in [0.15, 0.2) is 65.5 Å². The minimum Gasteiger partial charge on any atom is -0.497 e. The maximum Gasteiger partial charge on any atom is 0.271 e. The molecule has 2 heterocycles. The molecule has 0 bridgehead atoms. The van der Waals surface area contributed by atoms with Gasteiger partial charge in [-0.1, -0.05) is 29.8 Å². The summed E-state index contributed by atoms with van der Waals surface area (Å²) in [4.78, 5) is 27.1. The smallest absolute Gasteiger partial charge is 0.271 e. The number of hydrogen-bond acceptors (Lipinski definition) is 5. The molecule has 1 N–H and O–H groups in total. The van der Waals surface area contributed by atoms with Crippen LogP contribution in [0.4, 0.5) is 5.82 Å². The summed E-state index contributed by atoms with van der Waals surface area (Å²) in [6, 6.07) is 18.7. The number of hydrogen-bond donors (Lipinski definition) is 1. The lowest BCUT2D eigenvalue weighted by Crippen LogP contribution is -2.41. The Balaban J connectivity index is 1.37. The number of nitrogens with zero attached hydrogens (tertiary/aromatic N) is 3. The summed E-state index contributed by atoms with van der Waals surface area (Å²) in [7, 11) is 1.60. The van der Waals surface area contributed by atoms with Crippen molar-refractivity contribution in [2.75, 3.05) is 25.1 Å². The number of benzene rings is 2. The molecular formula is C25H28N4O3. The molecule has 32 heavy (non-hydrogen) atoms. The van der Waals surface area contributed by atoms with Gasteiger partial charge in [0.2, 0.25) is 5.91 Å². The second kappa shape index (κ2) is 9.68. The minimum absolute atomic E-state index is 0.0106. The summed E-state index contributed by atoms with van der Waals surface area (Å²) in [5, 5.41) is 7.63. The van der Waals surface area contributed by atoms with E-state index in [-0.39, 0.29) is 17.4 Å². The van der Waals surface area contributed by atoms with Crippen LogP contribution in [0.25, 0.3) is 5.69 Å². The van der Waals surface area contributed by atoms with Crippen molar-refractivity contribution >= 4 is 11.7 Å². The fraction of sp³-hybridized carbons (Fsp3) is 0.320. The van der Waals surface area contributed by atoms with E-state index >= 15 is 0 Å². The number of aromatic nitrogens is 2. The maximum atomic E-state index is 12.6. The van der Waals surface area contributed by atoms with E-state index in [0.717, 1.165) is 43.1 Å². The third-order valence-corrected chi connectivity index (χ3v) is 5.84. The van der Waals surface area contributed by atoms with E-state index in [2.05, 4.69) is 21.4 Å². The normalized spacial score (nSPS) is 14.2. The summed E-state index contributed by atoms with van der Waals surface area (Å²) in [5.74, 6) is 1.55. The SMILES string of the molecule is COc1ccc(-n2nc(N3CCC(C(=O)NCc4cccc(C)c4)CC3)ccc2=O)cc1. The van der Waals surface area contributed by atoms with Gasteiger partial charge in [0.25, 0.3) is 5.56 Å². The average Bonchev–Trinajstić information content (AvgIpc) is 2.83. The van der Waals surface area contributed by atoms with E-state index < -0.39 is 0 Å². The Morgan fingerprint density at radius 1 is 1.09 bits per heavy atom. The number of nitrogens with one attached hydrogen (secondary N) is 1. The zero-order chi connectivity index (χ0) is 22.5. The summed E-state index contributed by atoms with van der Waals surface area (Å²) >= 11 is 0. The van der Waals surface area contributed by atoms with Crippen LogP contribution in [0, 0.1) is 12.8 Å². The van der Waals surface area contributed by atoms with Crippen LogP contribution in [0.2, 0.25) is 0 Å². The van der Waals surface area contributed by atoms with E-state index in [0.29, 0.717) is 12.2 Å². The predicted octanol–water partition coefficient (Wildman–Crippen LogP) is 3.08. The summed E-state index contributed by atoms with van der Waals surface area (Å²) < 4.78 is 6.58. The van der Waals surface area contributed by atoms with Gasteiger partial charge in [-0.05, 0) is 55.7 Å². The van der Waals surface area contributed by atoms with Crippen LogP contribution in [-0.2, 0) is 11.3 Å². The Hall–Kier alpha value is -3.61. The highest BCUT2D eigenvalue weighted by Crippen LogP contribution is 2.22. The number of rotatable bonds is 6. The van der Waals surface area contributed by atoms with Crippen molar-refractivity contribution < 1.29 is 9.53 Å². The number of carbonyl (C=O) groups excluding carboxylic acids is 1. The minimum atomic E-state index is -0.190. The monoisotopic (exact) mass is 432 g/mol. The Kier molecular flexibility index (Phi) is 6.54. The highest BCUT2D eigenvalue weighted by atomic mass is 16.5. The van der Waals surface area contributed by atoms with Crippen molar-refractivity contribution in [1.29, 1.82) is 0 Å². The molecule has 166 valence electrons. The van der Waals surface area contributed by atoms with E-state index in [1.54, 1.807) is 25.3 Å². The zero-order valence-electron chi connectivity index (χ0n) is 18.5. The third-order valence-electron chi connectivity index (χ3n) is 5.84. The van der Waals surface area contributed by atoms with Crippen molar-refractivity contribution in [2.24, 2.45) is 5.92 Å². The largest absolute Gasteiger partial charge is 0.497 e. The van der Waals surface area contributed by atoms with Gasteiger partial charge < -0.3 is 15.0 Å². The summed E-state index contributed by atoms with van der Waals surface area (Å²) in [6.45, 7) is 4.04. The molecular weight excluding hydrogens is 404 g/mol. The Bertz CT molecular complexity index is 1130. The van der Waals surface area contributed by atoms with E-state index in [1.165, 1.54) is 16.3 Å². The lowest BCUT2D eigenvalue weighted by molar-refractivity contribution is -0.125. The van der Waals surface area contributed by atoms with E-state index in [4.69, 9.17) is 4.74 Å². The first-order valence-electron chi connectivity index (χ1n) is 10.9. The molecule has 4 rings (SSSR count). The Morgan fingerprint density at radius 3 is 2.53 bits per heavy atom. The molecule has 2 aromatic carbocycles. The molecule has 1 aromatic heterocycles. The van der Waals surface area contributed by atoms with Gasteiger partial charge in [0.05, 0.1) is 12.8 Å². The molecule has 0 saturated carbocycles. The van der Waals surface area contributed by atoms with Crippen molar-refractivity contribution in [3.8, 4) is 11.4 Å². The van der Waals surface area contributed by atoms with Crippen LogP contribution < -0.4 is 20.5 Å². The first-order chi connectivity index (χ1) is 15.5. The molecule has 0 aliphatic carbocycles. The van der Waals surface area contributed by atoms with Gasteiger partial charge in [0.15, 0.2) is 0 Å². The topological polar surface area (TPSA) is 76.5 Å². The van der Waals surface area contributed by atoms with Crippen molar-refractivity contribution in [2.45, 2.75) is 26.3 Å². The van der Waals surface area contributed by atoms with Gasteiger partial charge in [0, 0.05) is 31.6 Å². The summed E-state index contributed by atoms with van der Waals surface area (Å²) in [5.41, 5.74) is 2.79. The predicted molar refractivity (Wildman–Crippen MR) is 124 cm³/mol. The van der Waals surface area contributed by atoms with E-state index in [9.17, 15) is 9.59 Å². The lowest BCUT2D eigenvalue weighted by atomic mass is 9.96. The Labute approximate surface area is 187 Å².